The van der Waals surface area contributed by atoms with Gasteiger partial charge in [0.2, 0.25) is 0 Å². The second kappa shape index (κ2) is 9.07. The number of rotatable bonds is 6. The van der Waals surface area contributed by atoms with E-state index in [-0.39, 0.29) is 12.2 Å². The van der Waals surface area contributed by atoms with E-state index < -0.39 is 12.0 Å². The first-order valence-electron chi connectivity index (χ1n) is 10.3. The Labute approximate surface area is 193 Å². The highest BCUT2D eigenvalue weighted by atomic mass is 32.1. The lowest BCUT2D eigenvalue weighted by Crippen LogP contribution is -2.39. The highest BCUT2D eigenvalue weighted by Gasteiger charge is 2.33. The zero-order valence-electron chi connectivity index (χ0n) is 19.0. The third-order valence-corrected chi connectivity index (χ3v) is 6.25. The van der Waals surface area contributed by atoms with Crippen molar-refractivity contribution in [2.45, 2.75) is 19.9 Å². The van der Waals surface area contributed by atoms with E-state index in [0.717, 1.165) is 5.56 Å². The van der Waals surface area contributed by atoms with Crippen molar-refractivity contribution >= 4 is 23.4 Å². The van der Waals surface area contributed by atoms with Crippen molar-refractivity contribution < 1.29 is 19.0 Å². The van der Waals surface area contributed by atoms with Crippen LogP contribution in [0.2, 0.25) is 0 Å². The van der Waals surface area contributed by atoms with Crippen molar-refractivity contribution in [2.75, 3.05) is 20.8 Å². The van der Waals surface area contributed by atoms with Gasteiger partial charge in [0.05, 0.1) is 48.9 Å². The molecule has 1 atom stereocenters. The van der Waals surface area contributed by atoms with Crippen molar-refractivity contribution in [3.63, 3.8) is 0 Å². The van der Waals surface area contributed by atoms with Crippen LogP contribution in [0.3, 0.4) is 0 Å². The van der Waals surface area contributed by atoms with Crippen LogP contribution < -0.4 is 24.4 Å². The van der Waals surface area contributed by atoms with Gasteiger partial charge in [0.1, 0.15) is 0 Å². The second-order valence-corrected chi connectivity index (χ2v) is 8.37. The number of hydrogen-bond donors (Lipinski definition) is 0. The standard InChI is InChI=1S/C23H24N4O5S/c1-6-32-22(29)19-13(2)25-23-27(20(19)15-7-8-16(30-4)17(10-15)31-5)21(28)18(33-23)9-14-11-24-26(3)12-14/h7-12,20H,6H2,1-5H3. The van der Waals surface area contributed by atoms with Crippen molar-refractivity contribution in [1.29, 1.82) is 0 Å². The molecule has 0 spiro atoms. The van der Waals surface area contributed by atoms with Gasteiger partial charge in [-0.05, 0) is 37.6 Å². The fraction of sp³-hybridized carbons (Fsp3) is 0.304. The minimum atomic E-state index is -0.726. The van der Waals surface area contributed by atoms with Crippen LogP contribution in [0.4, 0.5) is 0 Å². The highest BCUT2D eigenvalue weighted by Crippen LogP contribution is 2.36. The summed E-state index contributed by atoms with van der Waals surface area (Å²) >= 11 is 1.26. The third kappa shape index (κ3) is 4.09. The molecule has 1 aliphatic rings. The number of aryl methyl sites for hydroxylation is 1. The number of carbonyl (C=O) groups excluding carboxylic acids is 1. The topological polar surface area (TPSA) is 96.9 Å². The first-order chi connectivity index (χ1) is 15.9. The van der Waals surface area contributed by atoms with E-state index in [1.165, 1.54) is 23.0 Å². The van der Waals surface area contributed by atoms with Gasteiger partial charge in [-0.25, -0.2) is 9.79 Å². The van der Waals surface area contributed by atoms with E-state index in [1.807, 2.05) is 19.3 Å². The maximum atomic E-state index is 13.5. The van der Waals surface area contributed by atoms with Gasteiger partial charge < -0.3 is 14.2 Å². The average molecular weight is 469 g/mol. The summed E-state index contributed by atoms with van der Waals surface area (Å²) in [5.74, 6) is 0.522. The Morgan fingerprint density at radius 1 is 1.24 bits per heavy atom. The number of benzene rings is 1. The van der Waals surface area contributed by atoms with Gasteiger partial charge in [0.25, 0.3) is 5.56 Å². The predicted octanol–water partition coefficient (Wildman–Crippen LogP) is 1.55. The first-order valence-corrected chi connectivity index (χ1v) is 11.1. The van der Waals surface area contributed by atoms with Crippen LogP contribution in [-0.2, 0) is 16.6 Å². The smallest absolute Gasteiger partial charge is 0.338 e. The number of ether oxygens (including phenoxy) is 3. The highest BCUT2D eigenvalue weighted by molar-refractivity contribution is 7.07. The Morgan fingerprint density at radius 2 is 2.00 bits per heavy atom. The number of aromatic nitrogens is 3. The lowest BCUT2D eigenvalue weighted by molar-refractivity contribution is -0.139. The summed E-state index contributed by atoms with van der Waals surface area (Å²) in [7, 11) is 4.90. The largest absolute Gasteiger partial charge is 0.493 e. The zero-order chi connectivity index (χ0) is 23.7. The molecule has 2 aromatic heterocycles. The molecule has 10 heteroatoms. The monoisotopic (exact) mass is 468 g/mol. The van der Waals surface area contributed by atoms with Gasteiger partial charge in [0, 0.05) is 18.8 Å². The van der Waals surface area contributed by atoms with E-state index in [1.54, 1.807) is 50.0 Å². The SMILES string of the molecule is CCOC(=O)C1=C(C)N=c2sc(=Cc3cnn(C)c3)c(=O)n2C1c1ccc(OC)c(OC)c1. The number of methoxy groups -OCH3 is 2. The number of carbonyl (C=O) groups is 1. The maximum absolute atomic E-state index is 13.5. The summed E-state index contributed by atoms with van der Waals surface area (Å²) in [6, 6.07) is 4.59. The summed E-state index contributed by atoms with van der Waals surface area (Å²) in [5.41, 5.74) is 2.04. The molecule has 9 nitrogen and oxygen atoms in total. The van der Waals surface area contributed by atoms with Crippen molar-refractivity contribution in [1.82, 2.24) is 14.3 Å². The molecule has 0 amide bonds. The number of fused-ring (bicyclic) bond motifs is 1. The average Bonchev–Trinajstić information content (AvgIpc) is 3.34. The molecule has 0 N–H and O–H groups in total. The summed E-state index contributed by atoms with van der Waals surface area (Å²) in [6.07, 6.45) is 5.27. The van der Waals surface area contributed by atoms with Crippen LogP contribution in [0, 0.1) is 0 Å². The molecule has 172 valence electrons. The van der Waals surface area contributed by atoms with Crippen LogP contribution in [0.25, 0.3) is 6.08 Å². The van der Waals surface area contributed by atoms with E-state index in [0.29, 0.717) is 37.7 Å². The lowest BCUT2D eigenvalue weighted by Gasteiger charge is -2.25. The molecule has 1 aliphatic heterocycles. The molecule has 4 rings (SSSR count). The van der Waals surface area contributed by atoms with E-state index in [9.17, 15) is 9.59 Å². The Morgan fingerprint density at radius 3 is 2.64 bits per heavy atom. The second-order valence-electron chi connectivity index (χ2n) is 7.36. The van der Waals surface area contributed by atoms with Gasteiger partial charge in [-0.3, -0.25) is 14.0 Å². The Bertz CT molecular complexity index is 1430. The molecule has 0 saturated carbocycles. The predicted molar refractivity (Wildman–Crippen MR) is 123 cm³/mol. The molecule has 0 aliphatic carbocycles. The van der Waals surface area contributed by atoms with Crippen LogP contribution in [0.5, 0.6) is 11.5 Å². The molecule has 1 unspecified atom stereocenters. The number of esters is 1. The van der Waals surface area contributed by atoms with Crippen molar-refractivity contribution in [3.05, 3.63) is 72.7 Å². The van der Waals surface area contributed by atoms with E-state index in [2.05, 4.69) is 10.1 Å². The molecule has 0 bridgehead atoms. The first kappa shape index (κ1) is 22.5. The molecule has 0 fully saturated rings. The number of thiazole rings is 1. The quantitative estimate of drug-likeness (QED) is 0.510. The van der Waals surface area contributed by atoms with Gasteiger partial charge in [-0.15, -0.1) is 0 Å². The molecule has 33 heavy (non-hydrogen) atoms. The Kier molecular flexibility index (Phi) is 6.19. The zero-order valence-corrected chi connectivity index (χ0v) is 19.8. The van der Waals surface area contributed by atoms with Crippen LogP contribution in [0.15, 0.2) is 51.6 Å². The Balaban J connectivity index is 1.97. The van der Waals surface area contributed by atoms with Gasteiger partial charge in [-0.1, -0.05) is 17.4 Å². The lowest BCUT2D eigenvalue weighted by atomic mass is 9.95. The van der Waals surface area contributed by atoms with E-state index in [4.69, 9.17) is 14.2 Å². The van der Waals surface area contributed by atoms with Gasteiger partial charge in [0.15, 0.2) is 16.3 Å². The summed E-state index contributed by atoms with van der Waals surface area (Å²) in [5, 5.41) is 4.15. The van der Waals surface area contributed by atoms with Crippen molar-refractivity contribution in [2.24, 2.45) is 12.0 Å². The molecule has 3 heterocycles. The van der Waals surface area contributed by atoms with E-state index >= 15 is 0 Å². The summed E-state index contributed by atoms with van der Waals surface area (Å²) in [6.45, 7) is 3.69. The minimum absolute atomic E-state index is 0.208. The molecular weight excluding hydrogens is 444 g/mol. The third-order valence-electron chi connectivity index (χ3n) is 5.26. The van der Waals surface area contributed by atoms with Gasteiger partial charge in [-0.2, -0.15) is 5.10 Å². The molecular formula is C23H24N4O5S. The molecule has 1 aromatic carbocycles. The van der Waals surface area contributed by atoms with Crippen LogP contribution >= 0.6 is 11.3 Å². The summed E-state index contributed by atoms with van der Waals surface area (Å²) < 4.78 is 19.8. The van der Waals surface area contributed by atoms with Crippen LogP contribution in [-0.4, -0.2) is 41.1 Å². The molecule has 0 radical (unpaired) electrons. The molecule has 0 saturated heterocycles. The molecule has 3 aromatic rings. The van der Waals surface area contributed by atoms with Crippen molar-refractivity contribution in [3.8, 4) is 11.5 Å². The van der Waals surface area contributed by atoms with Gasteiger partial charge >= 0.3 is 5.97 Å². The fourth-order valence-corrected chi connectivity index (χ4v) is 4.84. The van der Waals surface area contributed by atoms with Crippen LogP contribution in [0.1, 0.15) is 31.0 Å². The fourth-order valence-electron chi connectivity index (χ4n) is 3.80. The maximum Gasteiger partial charge on any atom is 0.338 e. The Hall–Kier alpha value is -3.66. The number of hydrogen-bond acceptors (Lipinski definition) is 8. The summed E-state index contributed by atoms with van der Waals surface area (Å²) in [4.78, 5) is 31.6. The minimum Gasteiger partial charge on any atom is -0.493 e. The number of allylic oxidation sites excluding steroid dienone is 1. The number of nitrogens with zero attached hydrogens (tertiary/aromatic N) is 4. The normalized spacial score (nSPS) is 15.8.